The van der Waals surface area contributed by atoms with E-state index in [4.69, 9.17) is 5.73 Å². The zero-order chi connectivity index (χ0) is 8.72. The molecule has 0 saturated carbocycles. The average Bonchev–Trinajstić information content (AvgIpc) is 2.41. The first-order valence-corrected chi connectivity index (χ1v) is 4.16. The SMILES string of the molecule is [CH2]c1ccc(F)c2nc(N)sc12. The van der Waals surface area contributed by atoms with E-state index in [0.717, 1.165) is 10.3 Å². The molecule has 1 aromatic heterocycles. The van der Waals surface area contributed by atoms with E-state index in [9.17, 15) is 4.39 Å². The second-order valence-electron chi connectivity index (χ2n) is 2.44. The minimum atomic E-state index is -0.342. The fraction of sp³-hybridized carbons (Fsp3) is 0. The van der Waals surface area contributed by atoms with Crippen LogP contribution in [-0.4, -0.2) is 4.98 Å². The maximum atomic E-state index is 13.0. The molecule has 61 valence electrons. The van der Waals surface area contributed by atoms with Gasteiger partial charge in [-0.05, 0) is 18.6 Å². The topological polar surface area (TPSA) is 38.9 Å². The summed E-state index contributed by atoms with van der Waals surface area (Å²) in [5.74, 6) is -0.342. The number of nitrogen functional groups attached to an aromatic ring is 1. The molecular formula is C8H6FN2S. The first-order valence-electron chi connectivity index (χ1n) is 3.35. The Balaban J connectivity index is 2.93. The van der Waals surface area contributed by atoms with Crippen molar-refractivity contribution in [3.63, 3.8) is 0 Å². The molecule has 1 radical (unpaired) electrons. The van der Waals surface area contributed by atoms with Gasteiger partial charge in [0.1, 0.15) is 11.3 Å². The fourth-order valence-electron chi connectivity index (χ4n) is 1.04. The Morgan fingerprint density at radius 3 is 2.92 bits per heavy atom. The van der Waals surface area contributed by atoms with E-state index in [1.165, 1.54) is 17.4 Å². The highest BCUT2D eigenvalue weighted by Gasteiger charge is 2.07. The van der Waals surface area contributed by atoms with E-state index in [1.54, 1.807) is 6.07 Å². The molecule has 2 nitrogen and oxygen atoms in total. The van der Waals surface area contributed by atoms with Crippen LogP contribution in [0.4, 0.5) is 9.52 Å². The summed E-state index contributed by atoms with van der Waals surface area (Å²) in [6.45, 7) is 3.75. The third kappa shape index (κ3) is 0.956. The number of halogens is 1. The van der Waals surface area contributed by atoms with Crippen molar-refractivity contribution in [3.05, 3.63) is 30.4 Å². The maximum absolute atomic E-state index is 13.0. The van der Waals surface area contributed by atoms with Crippen molar-refractivity contribution in [2.75, 3.05) is 5.73 Å². The second-order valence-corrected chi connectivity index (χ2v) is 3.47. The Morgan fingerprint density at radius 2 is 2.25 bits per heavy atom. The van der Waals surface area contributed by atoms with Crippen LogP contribution in [0.15, 0.2) is 12.1 Å². The zero-order valence-corrected chi connectivity index (χ0v) is 6.99. The van der Waals surface area contributed by atoms with E-state index in [1.807, 2.05) is 0 Å². The van der Waals surface area contributed by atoms with Crippen LogP contribution in [-0.2, 0) is 0 Å². The van der Waals surface area contributed by atoms with E-state index < -0.39 is 0 Å². The molecule has 0 aliphatic carbocycles. The lowest BCUT2D eigenvalue weighted by atomic mass is 10.2. The Labute approximate surface area is 72.8 Å². The monoisotopic (exact) mass is 181 g/mol. The van der Waals surface area contributed by atoms with Gasteiger partial charge in [0.15, 0.2) is 5.13 Å². The Bertz CT molecular complexity index is 397. The Hall–Kier alpha value is -1.16. The number of hydrogen-bond acceptors (Lipinski definition) is 3. The molecule has 0 atom stereocenters. The molecular weight excluding hydrogens is 175 g/mol. The Kier molecular flexibility index (Phi) is 1.51. The van der Waals surface area contributed by atoms with Gasteiger partial charge in [-0.25, -0.2) is 9.37 Å². The first kappa shape index (κ1) is 7.49. The molecule has 0 aliphatic rings. The molecule has 1 aromatic carbocycles. The standard InChI is InChI=1S/C8H6FN2S/c1-4-2-3-5(9)6-7(4)12-8(10)11-6/h2-3H,1H2,(H2,10,11). The van der Waals surface area contributed by atoms with Crippen LogP contribution in [0, 0.1) is 12.7 Å². The number of nitrogens with zero attached hydrogens (tertiary/aromatic N) is 1. The third-order valence-corrected chi connectivity index (χ3v) is 2.55. The number of aromatic nitrogens is 1. The number of hydrogen-bond donors (Lipinski definition) is 1. The van der Waals surface area contributed by atoms with Gasteiger partial charge in [-0.1, -0.05) is 17.4 Å². The van der Waals surface area contributed by atoms with E-state index in [2.05, 4.69) is 11.9 Å². The molecule has 0 amide bonds. The van der Waals surface area contributed by atoms with Gasteiger partial charge in [0, 0.05) is 0 Å². The van der Waals surface area contributed by atoms with Gasteiger partial charge in [-0.2, -0.15) is 0 Å². The van der Waals surface area contributed by atoms with Crippen LogP contribution >= 0.6 is 11.3 Å². The summed E-state index contributed by atoms with van der Waals surface area (Å²) in [4.78, 5) is 3.85. The molecule has 2 aromatic rings. The van der Waals surface area contributed by atoms with Gasteiger partial charge in [-0.15, -0.1) is 0 Å². The lowest BCUT2D eigenvalue weighted by molar-refractivity contribution is 0.637. The van der Waals surface area contributed by atoms with Crippen molar-refractivity contribution in [1.82, 2.24) is 4.98 Å². The second kappa shape index (κ2) is 2.42. The molecule has 0 saturated heterocycles. The molecule has 2 rings (SSSR count). The molecule has 12 heavy (non-hydrogen) atoms. The number of nitrogens with two attached hydrogens (primary N) is 1. The first-order chi connectivity index (χ1) is 5.68. The number of anilines is 1. The predicted octanol–water partition coefficient (Wildman–Crippen LogP) is 2.20. The van der Waals surface area contributed by atoms with Crippen molar-refractivity contribution in [3.8, 4) is 0 Å². The van der Waals surface area contributed by atoms with Gasteiger partial charge in [0.2, 0.25) is 0 Å². The minimum Gasteiger partial charge on any atom is -0.375 e. The Morgan fingerprint density at radius 1 is 1.50 bits per heavy atom. The van der Waals surface area contributed by atoms with E-state index >= 15 is 0 Å². The normalized spacial score (nSPS) is 10.8. The molecule has 0 bridgehead atoms. The van der Waals surface area contributed by atoms with Crippen LogP contribution in [0.3, 0.4) is 0 Å². The summed E-state index contributed by atoms with van der Waals surface area (Å²) >= 11 is 1.26. The van der Waals surface area contributed by atoms with Gasteiger partial charge >= 0.3 is 0 Å². The lowest BCUT2D eigenvalue weighted by Crippen LogP contribution is -1.82. The number of fused-ring (bicyclic) bond motifs is 1. The minimum absolute atomic E-state index is 0.324. The van der Waals surface area contributed by atoms with Gasteiger partial charge < -0.3 is 5.73 Å². The van der Waals surface area contributed by atoms with E-state index in [0.29, 0.717) is 10.6 Å². The average molecular weight is 181 g/mol. The van der Waals surface area contributed by atoms with Crippen molar-refractivity contribution < 1.29 is 4.39 Å². The molecule has 1 heterocycles. The largest absolute Gasteiger partial charge is 0.375 e. The number of rotatable bonds is 0. The van der Waals surface area contributed by atoms with Gasteiger partial charge in [0.25, 0.3) is 0 Å². The number of benzene rings is 1. The highest BCUT2D eigenvalue weighted by atomic mass is 32.1. The summed E-state index contributed by atoms with van der Waals surface area (Å²) in [6, 6.07) is 2.97. The van der Waals surface area contributed by atoms with Gasteiger partial charge in [-0.3, -0.25) is 0 Å². The molecule has 0 spiro atoms. The molecule has 4 heteroatoms. The predicted molar refractivity (Wildman–Crippen MR) is 48.4 cm³/mol. The van der Waals surface area contributed by atoms with Crippen LogP contribution in [0.25, 0.3) is 10.2 Å². The zero-order valence-electron chi connectivity index (χ0n) is 6.17. The molecule has 0 fully saturated rings. The highest BCUT2D eigenvalue weighted by molar-refractivity contribution is 7.22. The molecule has 0 aliphatic heterocycles. The summed E-state index contributed by atoms with van der Waals surface area (Å²) < 4.78 is 13.8. The van der Waals surface area contributed by atoms with E-state index in [-0.39, 0.29) is 5.82 Å². The molecule has 0 unspecified atom stereocenters. The van der Waals surface area contributed by atoms with Crippen LogP contribution in [0.5, 0.6) is 0 Å². The van der Waals surface area contributed by atoms with Crippen LogP contribution in [0.2, 0.25) is 0 Å². The van der Waals surface area contributed by atoms with Gasteiger partial charge in [0.05, 0.1) is 4.70 Å². The third-order valence-electron chi connectivity index (χ3n) is 1.59. The quantitative estimate of drug-likeness (QED) is 0.676. The lowest BCUT2D eigenvalue weighted by Gasteiger charge is -1.93. The molecule has 2 N–H and O–H groups in total. The highest BCUT2D eigenvalue weighted by Crippen LogP contribution is 2.28. The summed E-state index contributed by atoms with van der Waals surface area (Å²) in [6.07, 6.45) is 0. The summed E-state index contributed by atoms with van der Waals surface area (Å²) in [5.41, 5.74) is 6.53. The summed E-state index contributed by atoms with van der Waals surface area (Å²) in [7, 11) is 0. The number of thiazole rings is 1. The van der Waals surface area contributed by atoms with Crippen molar-refractivity contribution >= 4 is 26.7 Å². The smallest absolute Gasteiger partial charge is 0.181 e. The summed E-state index contributed by atoms with van der Waals surface area (Å²) in [5, 5.41) is 0.375. The fourth-order valence-corrected chi connectivity index (χ4v) is 1.83. The van der Waals surface area contributed by atoms with Crippen LogP contribution < -0.4 is 5.73 Å². The van der Waals surface area contributed by atoms with Crippen LogP contribution in [0.1, 0.15) is 5.56 Å². The van der Waals surface area contributed by atoms with Crippen molar-refractivity contribution in [1.29, 1.82) is 0 Å². The van der Waals surface area contributed by atoms with Crippen molar-refractivity contribution in [2.45, 2.75) is 0 Å². The van der Waals surface area contributed by atoms with Crippen molar-refractivity contribution in [2.24, 2.45) is 0 Å². The maximum Gasteiger partial charge on any atom is 0.181 e.